The van der Waals surface area contributed by atoms with Crippen LogP contribution in [0.1, 0.15) is 24.1 Å². The van der Waals surface area contributed by atoms with Crippen LogP contribution in [0.15, 0.2) is 36.4 Å². The Morgan fingerprint density at radius 3 is 2.50 bits per heavy atom. The summed E-state index contributed by atoms with van der Waals surface area (Å²) in [6, 6.07) is 9.95. The number of benzene rings is 2. The Bertz CT molecular complexity index is 669. The van der Waals surface area contributed by atoms with E-state index in [2.05, 4.69) is 12.2 Å². The Hall–Kier alpha value is -2.40. The van der Waals surface area contributed by atoms with Gasteiger partial charge in [-0.15, -0.1) is 0 Å². The fourth-order valence-corrected chi connectivity index (χ4v) is 2.82. The van der Waals surface area contributed by atoms with Crippen LogP contribution in [0.5, 0.6) is 23.0 Å². The van der Waals surface area contributed by atoms with E-state index in [0.29, 0.717) is 12.4 Å². The monoisotopic (exact) mass is 301 g/mol. The number of hydrogen-bond donors (Lipinski definition) is 4. The van der Waals surface area contributed by atoms with Gasteiger partial charge in [-0.05, 0) is 60.9 Å². The van der Waals surface area contributed by atoms with Crippen molar-refractivity contribution in [2.45, 2.75) is 25.4 Å². The van der Waals surface area contributed by atoms with Crippen molar-refractivity contribution in [1.82, 2.24) is 5.32 Å². The smallest absolute Gasteiger partial charge is 0.157 e. The molecule has 5 heteroatoms. The van der Waals surface area contributed by atoms with Gasteiger partial charge in [-0.25, -0.2) is 0 Å². The second-order valence-corrected chi connectivity index (χ2v) is 5.67. The number of phenolic OH excluding ortho intramolecular Hbond substituents is 3. The molecular formula is C17H19NO4. The van der Waals surface area contributed by atoms with E-state index in [0.717, 1.165) is 17.5 Å². The van der Waals surface area contributed by atoms with Gasteiger partial charge in [0.2, 0.25) is 0 Å². The zero-order valence-electron chi connectivity index (χ0n) is 12.3. The van der Waals surface area contributed by atoms with Crippen molar-refractivity contribution < 1.29 is 20.1 Å². The van der Waals surface area contributed by atoms with Crippen LogP contribution in [0.2, 0.25) is 0 Å². The van der Waals surface area contributed by atoms with E-state index in [1.807, 2.05) is 0 Å². The van der Waals surface area contributed by atoms with Crippen molar-refractivity contribution in [2.24, 2.45) is 0 Å². The normalized spacial score (nSPS) is 20.4. The lowest BCUT2D eigenvalue weighted by Crippen LogP contribution is -2.40. The molecule has 2 unspecified atom stereocenters. The molecule has 0 amide bonds. The van der Waals surface area contributed by atoms with Crippen molar-refractivity contribution in [2.75, 3.05) is 6.61 Å². The molecule has 1 aliphatic heterocycles. The minimum Gasteiger partial charge on any atom is -0.508 e. The molecule has 0 spiro atoms. The summed E-state index contributed by atoms with van der Waals surface area (Å²) in [7, 11) is 0. The maximum atomic E-state index is 9.73. The quantitative estimate of drug-likeness (QED) is 0.655. The van der Waals surface area contributed by atoms with Crippen molar-refractivity contribution in [3.8, 4) is 23.0 Å². The third kappa shape index (κ3) is 2.94. The zero-order valence-corrected chi connectivity index (χ0v) is 12.3. The predicted molar refractivity (Wildman–Crippen MR) is 82.4 cm³/mol. The van der Waals surface area contributed by atoms with Gasteiger partial charge in [0, 0.05) is 6.04 Å². The highest BCUT2D eigenvalue weighted by Crippen LogP contribution is 2.35. The number of hydrogen-bond acceptors (Lipinski definition) is 5. The van der Waals surface area contributed by atoms with Crippen LogP contribution in [0.3, 0.4) is 0 Å². The largest absolute Gasteiger partial charge is 0.508 e. The summed E-state index contributed by atoms with van der Waals surface area (Å²) in [5.41, 5.74) is 1.95. The minimum absolute atomic E-state index is 0.0703. The summed E-state index contributed by atoms with van der Waals surface area (Å²) < 4.78 is 5.76. The molecule has 22 heavy (non-hydrogen) atoms. The lowest BCUT2D eigenvalue weighted by atomic mass is 9.90. The van der Waals surface area contributed by atoms with Crippen molar-refractivity contribution in [3.63, 3.8) is 0 Å². The van der Waals surface area contributed by atoms with E-state index >= 15 is 0 Å². The lowest BCUT2D eigenvalue weighted by Gasteiger charge is -2.31. The van der Waals surface area contributed by atoms with Crippen LogP contribution in [0.25, 0.3) is 0 Å². The first-order valence-electron chi connectivity index (χ1n) is 7.25. The van der Waals surface area contributed by atoms with Crippen molar-refractivity contribution >= 4 is 0 Å². The number of nitrogens with one attached hydrogen (secondary N) is 1. The summed E-state index contributed by atoms with van der Waals surface area (Å²) >= 11 is 0. The molecule has 1 heterocycles. The molecule has 5 nitrogen and oxygen atoms in total. The molecular weight excluding hydrogens is 282 g/mol. The first kappa shape index (κ1) is 14.5. The molecule has 0 saturated heterocycles. The topological polar surface area (TPSA) is 82.0 Å². The van der Waals surface area contributed by atoms with E-state index < -0.39 is 0 Å². The number of rotatable bonds is 3. The Morgan fingerprint density at radius 1 is 1.09 bits per heavy atom. The van der Waals surface area contributed by atoms with Gasteiger partial charge in [-0.2, -0.15) is 0 Å². The van der Waals surface area contributed by atoms with Crippen LogP contribution in [-0.2, 0) is 6.42 Å². The Labute approximate surface area is 128 Å². The lowest BCUT2D eigenvalue weighted by molar-refractivity contribution is 0.246. The SMILES string of the molecule is CC1Cc2cc(O)c(O)cc2C(COc2ccc(O)cc2)N1. The number of fused-ring (bicyclic) bond motifs is 1. The summed E-state index contributed by atoms with van der Waals surface area (Å²) in [4.78, 5) is 0. The first-order chi connectivity index (χ1) is 10.5. The average Bonchev–Trinajstić information content (AvgIpc) is 2.48. The Morgan fingerprint density at radius 2 is 1.77 bits per heavy atom. The van der Waals surface area contributed by atoms with Crippen molar-refractivity contribution in [1.29, 1.82) is 0 Å². The molecule has 0 fully saturated rings. The molecule has 0 bridgehead atoms. The van der Waals surface area contributed by atoms with Crippen LogP contribution in [0, 0.1) is 0 Å². The maximum absolute atomic E-state index is 9.73. The highest BCUT2D eigenvalue weighted by atomic mass is 16.5. The Balaban J connectivity index is 1.79. The molecule has 4 N–H and O–H groups in total. The van der Waals surface area contributed by atoms with Gasteiger partial charge in [0.05, 0.1) is 6.04 Å². The third-order valence-corrected chi connectivity index (χ3v) is 3.88. The maximum Gasteiger partial charge on any atom is 0.157 e. The first-order valence-corrected chi connectivity index (χ1v) is 7.25. The summed E-state index contributed by atoms with van der Waals surface area (Å²) in [6.07, 6.45) is 0.791. The molecule has 2 atom stereocenters. The van der Waals surface area contributed by atoms with Crippen LogP contribution in [0.4, 0.5) is 0 Å². The summed E-state index contributed by atoms with van der Waals surface area (Å²) in [5.74, 6) is 0.653. The van der Waals surface area contributed by atoms with Crippen LogP contribution >= 0.6 is 0 Å². The second-order valence-electron chi connectivity index (χ2n) is 5.67. The highest BCUT2D eigenvalue weighted by molar-refractivity contribution is 5.48. The van der Waals surface area contributed by atoms with Gasteiger partial charge in [0.1, 0.15) is 18.1 Å². The molecule has 0 radical (unpaired) electrons. The number of ether oxygens (including phenoxy) is 1. The number of aromatic hydroxyl groups is 3. The van der Waals surface area contributed by atoms with Crippen molar-refractivity contribution in [3.05, 3.63) is 47.5 Å². The zero-order chi connectivity index (χ0) is 15.7. The molecule has 0 aliphatic carbocycles. The van der Waals surface area contributed by atoms with Gasteiger partial charge >= 0.3 is 0 Å². The molecule has 2 aromatic rings. The van der Waals surface area contributed by atoms with E-state index in [9.17, 15) is 15.3 Å². The minimum atomic E-state index is -0.121. The molecule has 116 valence electrons. The standard InChI is InChI=1S/C17H19NO4/c1-10-6-11-7-16(20)17(21)8-14(11)15(18-10)9-22-13-4-2-12(19)3-5-13/h2-5,7-8,10,15,18-21H,6,9H2,1H3. The Kier molecular flexibility index (Phi) is 3.81. The fraction of sp³-hybridized carbons (Fsp3) is 0.294. The van der Waals surface area contributed by atoms with E-state index in [1.165, 1.54) is 0 Å². The van der Waals surface area contributed by atoms with Crippen LogP contribution < -0.4 is 10.1 Å². The van der Waals surface area contributed by atoms with E-state index in [4.69, 9.17) is 4.74 Å². The highest BCUT2D eigenvalue weighted by Gasteiger charge is 2.26. The average molecular weight is 301 g/mol. The molecule has 0 saturated carbocycles. The predicted octanol–water partition coefficient (Wildman–Crippen LogP) is 2.46. The van der Waals surface area contributed by atoms with Gasteiger partial charge in [-0.3, -0.25) is 0 Å². The number of phenols is 3. The van der Waals surface area contributed by atoms with Gasteiger partial charge < -0.3 is 25.4 Å². The van der Waals surface area contributed by atoms with E-state index in [-0.39, 0.29) is 29.3 Å². The fourth-order valence-electron chi connectivity index (χ4n) is 2.82. The van der Waals surface area contributed by atoms with Gasteiger partial charge in [0.15, 0.2) is 11.5 Å². The molecule has 2 aromatic carbocycles. The summed E-state index contributed by atoms with van der Waals surface area (Å²) in [6.45, 7) is 2.47. The molecule has 3 rings (SSSR count). The third-order valence-electron chi connectivity index (χ3n) is 3.88. The molecule has 0 aromatic heterocycles. The van der Waals surface area contributed by atoms with E-state index in [1.54, 1.807) is 36.4 Å². The summed E-state index contributed by atoms with van der Waals surface area (Å²) in [5, 5.41) is 32.1. The second kappa shape index (κ2) is 5.77. The molecule has 1 aliphatic rings. The van der Waals surface area contributed by atoms with Crippen LogP contribution in [-0.4, -0.2) is 28.0 Å². The van der Waals surface area contributed by atoms with Gasteiger partial charge in [0.25, 0.3) is 0 Å². The van der Waals surface area contributed by atoms with Gasteiger partial charge in [-0.1, -0.05) is 0 Å².